The third-order valence-electron chi connectivity index (χ3n) is 2.39. The number of carbonyl (C=O) groups is 1. The highest BCUT2D eigenvalue weighted by Gasteiger charge is 2.20. The predicted molar refractivity (Wildman–Crippen MR) is 71.3 cm³/mol. The fourth-order valence-corrected chi connectivity index (χ4v) is 1.73. The molecule has 0 bridgehead atoms. The van der Waals surface area contributed by atoms with Crippen LogP contribution in [0.15, 0.2) is 30.6 Å². The zero-order valence-corrected chi connectivity index (χ0v) is 10.7. The van der Waals surface area contributed by atoms with Crippen LogP contribution in [0.4, 0.5) is 5.69 Å². The summed E-state index contributed by atoms with van der Waals surface area (Å²) in [5.41, 5.74) is 6.26. The lowest BCUT2D eigenvalue weighted by Crippen LogP contribution is -2.24. The summed E-state index contributed by atoms with van der Waals surface area (Å²) in [6, 6.07) is 5.21. The average molecular weight is 244 g/mol. The van der Waals surface area contributed by atoms with E-state index in [1.54, 1.807) is 30.6 Å². The zero-order chi connectivity index (χ0) is 13.3. The monoisotopic (exact) mass is 244 g/mol. The molecule has 1 aromatic heterocycles. The van der Waals surface area contributed by atoms with Crippen LogP contribution in [0, 0.1) is 0 Å². The van der Waals surface area contributed by atoms with Gasteiger partial charge in [0.1, 0.15) is 5.60 Å². The molecule has 1 aromatic carbocycles. The Hall–Kier alpha value is -2.10. The molecule has 4 heteroatoms. The maximum Gasteiger partial charge on any atom is 0.339 e. The number of fused-ring (bicyclic) bond motifs is 1. The van der Waals surface area contributed by atoms with Crippen molar-refractivity contribution in [2.45, 2.75) is 26.4 Å². The largest absolute Gasteiger partial charge is 0.456 e. The van der Waals surface area contributed by atoms with Crippen molar-refractivity contribution in [2.24, 2.45) is 0 Å². The molecule has 0 aliphatic rings. The van der Waals surface area contributed by atoms with Crippen molar-refractivity contribution in [3.8, 4) is 0 Å². The highest BCUT2D eigenvalue weighted by atomic mass is 16.6. The first-order valence-electron chi connectivity index (χ1n) is 5.73. The van der Waals surface area contributed by atoms with E-state index < -0.39 is 5.60 Å². The number of aromatic nitrogens is 1. The number of carbonyl (C=O) groups excluding carboxylic acids is 1. The van der Waals surface area contributed by atoms with Crippen molar-refractivity contribution in [3.05, 3.63) is 36.2 Å². The number of hydrogen-bond acceptors (Lipinski definition) is 4. The molecule has 0 fully saturated rings. The number of hydrogen-bond donors (Lipinski definition) is 1. The summed E-state index contributed by atoms with van der Waals surface area (Å²) >= 11 is 0. The lowest BCUT2D eigenvalue weighted by Gasteiger charge is -2.20. The van der Waals surface area contributed by atoms with Gasteiger partial charge in [-0.25, -0.2) is 4.79 Å². The Morgan fingerprint density at radius 1 is 1.33 bits per heavy atom. The molecule has 0 saturated carbocycles. The molecule has 18 heavy (non-hydrogen) atoms. The van der Waals surface area contributed by atoms with E-state index >= 15 is 0 Å². The molecular weight excluding hydrogens is 228 g/mol. The number of esters is 1. The third kappa shape index (κ3) is 2.59. The van der Waals surface area contributed by atoms with Gasteiger partial charge in [-0.1, -0.05) is 0 Å². The fraction of sp³-hybridized carbons (Fsp3) is 0.286. The topological polar surface area (TPSA) is 65.2 Å². The summed E-state index contributed by atoms with van der Waals surface area (Å²) in [7, 11) is 0. The molecule has 94 valence electrons. The van der Waals surface area contributed by atoms with E-state index in [0.717, 1.165) is 10.8 Å². The molecule has 0 atom stereocenters. The first-order valence-corrected chi connectivity index (χ1v) is 5.73. The van der Waals surface area contributed by atoms with Gasteiger partial charge in [0.25, 0.3) is 0 Å². The Bertz CT molecular complexity index is 600. The average Bonchev–Trinajstić information content (AvgIpc) is 2.25. The van der Waals surface area contributed by atoms with Crippen molar-refractivity contribution < 1.29 is 9.53 Å². The Labute approximate surface area is 106 Å². The van der Waals surface area contributed by atoms with Crippen LogP contribution < -0.4 is 5.73 Å². The lowest BCUT2D eigenvalue weighted by atomic mass is 10.1. The van der Waals surface area contributed by atoms with Gasteiger partial charge < -0.3 is 10.5 Å². The number of nitrogens with zero attached hydrogens (tertiary/aromatic N) is 1. The fourth-order valence-electron chi connectivity index (χ4n) is 1.73. The Balaban J connectivity index is 2.53. The van der Waals surface area contributed by atoms with Crippen molar-refractivity contribution in [1.29, 1.82) is 0 Å². The van der Waals surface area contributed by atoms with Gasteiger partial charge in [0, 0.05) is 23.5 Å². The maximum atomic E-state index is 12.1. The summed E-state index contributed by atoms with van der Waals surface area (Å²) in [5.74, 6) is -0.369. The molecule has 0 radical (unpaired) electrons. The highest BCUT2D eigenvalue weighted by Crippen LogP contribution is 2.23. The highest BCUT2D eigenvalue weighted by molar-refractivity contribution is 6.05. The van der Waals surface area contributed by atoms with Crippen LogP contribution in [-0.2, 0) is 4.74 Å². The third-order valence-corrected chi connectivity index (χ3v) is 2.39. The SMILES string of the molecule is CC(C)(C)OC(=O)c1cc(N)cc2cnccc12. The van der Waals surface area contributed by atoms with E-state index in [0.29, 0.717) is 11.3 Å². The van der Waals surface area contributed by atoms with Crippen LogP contribution in [0.25, 0.3) is 10.8 Å². The van der Waals surface area contributed by atoms with Crippen molar-refractivity contribution in [3.63, 3.8) is 0 Å². The molecule has 4 nitrogen and oxygen atoms in total. The summed E-state index contributed by atoms with van der Waals surface area (Å²) in [4.78, 5) is 16.1. The molecule has 0 saturated heterocycles. The van der Waals surface area contributed by atoms with Crippen LogP contribution in [0.1, 0.15) is 31.1 Å². The van der Waals surface area contributed by atoms with E-state index in [1.165, 1.54) is 0 Å². The molecule has 1 heterocycles. The minimum absolute atomic E-state index is 0.369. The second kappa shape index (κ2) is 4.29. The van der Waals surface area contributed by atoms with E-state index in [-0.39, 0.29) is 5.97 Å². The first-order chi connectivity index (χ1) is 8.37. The van der Waals surface area contributed by atoms with Crippen molar-refractivity contribution in [1.82, 2.24) is 4.98 Å². The maximum absolute atomic E-state index is 12.1. The Morgan fingerprint density at radius 2 is 2.06 bits per heavy atom. The van der Waals surface area contributed by atoms with E-state index in [1.807, 2.05) is 20.8 Å². The van der Waals surface area contributed by atoms with Crippen LogP contribution in [0.5, 0.6) is 0 Å². The number of rotatable bonds is 1. The molecule has 0 aliphatic heterocycles. The Kier molecular flexibility index (Phi) is 2.95. The molecule has 2 rings (SSSR count). The second-order valence-corrected chi connectivity index (χ2v) is 5.17. The predicted octanol–water partition coefficient (Wildman–Crippen LogP) is 2.77. The molecule has 2 aromatic rings. The minimum atomic E-state index is -0.527. The first kappa shape index (κ1) is 12.4. The summed E-state index contributed by atoms with van der Waals surface area (Å²) < 4.78 is 5.37. The quantitative estimate of drug-likeness (QED) is 0.618. The van der Waals surface area contributed by atoms with Gasteiger partial charge in [0.05, 0.1) is 5.56 Å². The number of anilines is 1. The van der Waals surface area contributed by atoms with Gasteiger partial charge in [-0.05, 0) is 44.4 Å². The van der Waals surface area contributed by atoms with Crippen LogP contribution >= 0.6 is 0 Å². The van der Waals surface area contributed by atoms with Crippen LogP contribution in [-0.4, -0.2) is 16.6 Å². The number of pyridine rings is 1. The summed E-state index contributed by atoms with van der Waals surface area (Å²) in [5, 5.41) is 1.63. The Morgan fingerprint density at radius 3 is 2.72 bits per heavy atom. The zero-order valence-electron chi connectivity index (χ0n) is 10.7. The van der Waals surface area contributed by atoms with Gasteiger partial charge >= 0.3 is 5.97 Å². The normalized spacial score (nSPS) is 11.5. The second-order valence-electron chi connectivity index (χ2n) is 5.17. The number of nitrogens with two attached hydrogens (primary N) is 1. The molecule has 0 aliphatic carbocycles. The molecule has 0 spiro atoms. The molecule has 0 amide bonds. The minimum Gasteiger partial charge on any atom is -0.456 e. The van der Waals surface area contributed by atoms with E-state index in [4.69, 9.17) is 10.5 Å². The molecule has 0 unspecified atom stereocenters. The smallest absolute Gasteiger partial charge is 0.339 e. The lowest BCUT2D eigenvalue weighted by molar-refractivity contribution is 0.00719. The van der Waals surface area contributed by atoms with Gasteiger partial charge in [0.15, 0.2) is 0 Å². The van der Waals surface area contributed by atoms with Gasteiger partial charge in [-0.15, -0.1) is 0 Å². The van der Waals surface area contributed by atoms with Crippen molar-refractivity contribution in [2.75, 3.05) is 5.73 Å². The van der Waals surface area contributed by atoms with E-state index in [2.05, 4.69) is 4.98 Å². The number of benzene rings is 1. The summed E-state index contributed by atoms with van der Waals surface area (Å²) in [6.07, 6.45) is 3.33. The summed E-state index contributed by atoms with van der Waals surface area (Å²) in [6.45, 7) is 5.50. The molecular formula is C14H16N2O2. The standard InChI is InChI=1S/C14H16N2O2/c1-14(2,3)18-13(17)12-7-10(15)6-9-8-16-5-4-11(9)12/h4-8H,15H2,1-3H3. The number of nitrogen functional groups attached to an aromatic ring is 1. The number of ether oxygens (including phenoxy) is 1. The van der Waals surface area contributed by atoms with Gasteiger partial charge in [0.2, 0.25) is 0 Å². The van der Waals surface area contributed by atoms with Gasteiger partial charge in [-0.2, -0.15) is 0 Å². The molecule has 2 N–H and O–H groups in total. The van der Waals surface area contributed by atoms with E-state index in [9.17, 15) is 4.79 Å². The van der Waals surface area contributed by atoms with Crippen molar-refractivity contribution >= 4 is 22.4 Å². The van der Waals surface area contributed by atoms with Gasteiger partial charge in [-0.3, -0.25) is 4.98 Å². The van der Waals surface area contributed by atoms with Crippen LogP contribution in [0.2, 0.25) is 0 Å². The van der Waals surface area contributed by atoms with Crippen LogP contribution in [0.3, 0.4) is 0 Å².